The molecule has 1 unspecified atom stereocenters. The van der Waals surface area contributed by atoms with Crippen LogP contribution in [-0.4, -0.2) is 0 Å². The van der Waals surface area contributed by atoms with Crippen LogP contribution in [0.25, 0.3) is 16.7 Å². The third-order valence-corrected chi connectivity index (χ3v) is 8.55. The average molecular weight is 429 g/mol. The molecule has 0 heterocycles. The van der Waals surface area contributed by atoms with Gasteiger partial charge in [-0.1, -0.05) is 130 Å². The summed E-state index contributed by atoms with van der Waals surface area (Å²) in [4.78, 5) is 0. The normalized spacial score (nSPS) is 19.2. The second-order valence-corrected chi connectivity index (χ2v) is 11.0. The van der Waals surface area contributed by atoms with E-state index in [4.69, 9.17) is 0 Å². The summed E-state index contributed by atoms with van der Waals surface area (Å²) in [7, 11) is 0. The maximum absolute atomic E-state index is 2.62. The zero-order chi connectivity index (χ0) is 22.8. The molecule has 1 atom stereocenters. The van der Waals surface area contributed by atoms with Crippen LogP contribution in [0.2, 0.25) is 0 Å². The fraction of sp³-hybridized carbons (Fsp3) is 0.273. The maximum Gasteiger partial charge on any atom is 0.0162 e. The fourth-order valence-electron chi connectivity index (χ4n) is 6.74. The van der Waals surface area contributed by atoms with Gasteiger partial charge in [0.05, 0.1) is 0 Å². The molecular formula is C33H32. The quantitative estimate of drug-likeness (QED) is 0.389. The predicted octanol–water partition coefficient (Wildman–Crippen LogP) is 8.92. The lowest BCUT2D eigenvalue weighted by atomic mass is 9.64. The van der Waals surface area contributed by atoms with Gasteiger partial charge in [0, 0.05) is 17.3 Å². The number of fused-ring (bicyclic) bond motifs is 4. The van der Waals surface area contributed by atoms with Crippen LogP contribution < -0.4 is 0 Å². The van der Waals surface area contributed by atoms with E-state index in [1.165, 1.54) is 44.5 Å². The Kier molecular flexibility index (Phi) is 4.46. The smallest absolute Gasteiger partial charge is 0.0162 e. The molecule has 164 valence electrons. The van der Waals surface area contributed by atoms with Crippen LogP contribution in [0.4, 0.5) is 0 Å². The van der Waals surface area contributed by atoms with Crippen molar-refractivity contribution in [3.05, 3.63) is 125 Å². The van der Waals surface area contributed by atoms with Crippen LogP contribution >= 0.6 is 0 Å². The van der Waals surface area contributed by atoms with Crippen LogP contribution in [0.3, 0.4) is 0 Å². The van der Waals surface area contributed by atoms with Crippen molar-refractivity contribution in [2.24, 2.45) is 10.8 Å². The molecule has 3 aromatic carbocycles. The van der Waals surface area contributed by atoms with Gasteiger partial charge in [0.2, 0.25) is 0 Å². The molecule has 0 radical (unpaired) electrons. The number of rotatable bonds is 4. The highest BCUT2D eigenvalue weighted by Crippen LogP contribution is 2.61. The van der Waals surface area contributed by atoms with E-state index in [2.05, 4.69) is 125 Å². The first-order chi connectivity index (χ1) is 15.9. The highest BCUT2D eigenvalue weighted by Gasteiger charge is 2.47. The van der Waals surface area contributed by atoms with Crippen molar-refractivity contribution < 1.29 is 0 Å². The summed E-state index contributed by atoms with van der Waals surface area (Å²) in [5.41, 5.74) is 11.7. The lowest BCUT2D eigenvalue weighted by molar-refractivity contribution is 0.287. The van der Waals surface area contributed by atoms with Crippen molar-refractivity contribution in [1.82, 2.24) is 0 Å². The Morgan fingerprint density at radius 3 is 1.79 bits per heavy atom. The molecule has 0 fully saturated rings. The van der Waals surface area contributed by atoms with E-state index in [1.807, 2.05) is 0 Å². The maximum atomic E-state index is 2.62. The molecule has 3 aliphatic carbocycles. The number of hydrogen-bond acceptors (Lipinski definition) is 0. The number of benzene rings is 3. The minimum Gasteiger partial charge on any atom is -0.0804 e. The Hall–Kier alpha value is -3.12. The first kappa shape index (κ1) is 20.5. The van der Waals surface area contributed by atoms with E-state index in [-0.39, 0.29) is 10.8 Å². The second kappa shape index (κ2) is 7.19. The molecule has 6 rings (SSSR count). The van der Waals surface area contributed by atoms with Gasteiger partial charge in [0.25, 0.3) is 0 Å². The summed E-state index contributed by atoms with van der Waals surface area (Å²) in [6.07, 6.45) is 10.5. The van der Waals surface area contributed by atoms with Crippen LogP contribution in [0.15, 0.2) is 103 Å². The first-order valence-corrected chi connectivity index (χ1v) is 12.3. The van der Waals surface area contributed by atoms with Gasteiger partial charge >= 0.3 is 0 Å². The highest BCUT2D eigenvalue weighted by atomic mass is 14.5. The molecule has 0 spiro atoms. The van der Waals surface area contributed by atoms with Gasteiger partial charge in [-0.05, 0) is 50.8 Å². The Bertz CT molecular complexity index is 1300. The van der Waals surface area contributed by atoms with Crippen LogP contribution in [0.1, 0.15) is 68.2 Å². The third kappa shape index (κ3) is 2.90. The van der Waals surface area contributed by atoms with Crippen molar-refractivity contribution in [1.29, 1.82) is 0 Å². The largest absolute Gasteiger partial charge is 0.0804 e. The fourth-order valence-corrected chi connectivity index (χ4v) is 6.74. The van der Waals surface area contributed by atoms with Gasteiger partial charge in [0.15, 0.2) is 0 Å². The summed E-state index contributed by atoms with van der Waals surface area (Å²) in [6.45, 7) is 9.79. The Labute approximate surface area is 198 Å². The van der Waals surface area contributed by atoms with Crippen LogP contribution in [0.5, 0.6) is 0 Å². The SMILES string of the molecule is CC(C)(C1=CC=CC1)C1=CC(C(C)(C)C2c3ccccc3-c3ccccc32)c2ccccc21. The number of allylic oxidation sites excluding steroid dienone is 6. The van der Waals surface area contributed by atoms with Crippen molar-refractivity contribution in [2.75, 3.05) is 0 Å². The Morgan fingerprint density at radius 2 is 1.21 bits per heavy atom. The first-order valence-electron chi connectivity index (χ1n) is 12.3. The van der Waals surface area contributed by atoms with Gasteiger partial charge < -0.3 is 0 Å². The molecule has 3 aliphatic rings. The van der Waals surface area contributed by atoms with Crippen molar-refractivity contribution in [3.63, 3.8) is 0 Å². The molecule has 0 amide bonds. The van der Waals surface area contributed by atoms with E-state index < -0.39 is 0 Å². The molecule has 0 saturated carbocycles. The molecule has 0 aliphatic heterocycles. The zero-order valence-electron chi connectivity index (χ0n) is 20.1. The second-order valence-electron chi connectivity index (χ2n) is 11.0. The summed E-state index contributed by atoms with van der Waals surface area (Å²) >= 11 is 0. The topological polar surface area (TPSA) is 0 Å². The van der Waals surface area contributed by atoms with Crippen LogP contribution in [-0.2, 0) is 0 Å². The van der Waals surface area contributed by atoms with Gasteiger partial charge in [0.1, 0.15) is 0 Å². The summed E-state index contributed by atoms with van der Waals surface area (Å²) in [5.74, 6) is 0.733. The molecule has 0 aromatic heterocycles. The Balaban J connectivity index is 1.51. The van der Waals surface area contributed by atoms with E-state index in [0.29, 0.717) is 11.8 Å². The monoisotopic (exact) mass is 428 g/mol. The minimum absolute atomic E-state index is 0.0237. The standard InChI is InChI=1S/C33H32/c1-32(2,22-13-5-6-14-22)29-21-30(26-18-10-9-17-25(26)29)33(3,4)31-27-19-11-7-15-23(27)24-16-8-12-20-28(24)31/h5-13,15-21,30-31H,14H2,1-4H3. The lowest BCUT2D eigenvalue weighted by Crippen LogP contribution is -2.28. The van der Waals surface area contributed by atoms with Crippen molar-refractivity contribution in [3.8, 4) is 11.1 Å². The van der Waals surface area contributed by atoms with Gasteiger partial charge in [-0.25, -0.2) is 0 Å². The molecule has 0 bridgehead atoms. The Morgan fingerprint density at radius 1 is 0.667 bits per heavy atom. The van der Waals surface area contributed by atoms with Gasteiger partial charge in [-0.2, -0.15) is 0 Å². The molecule has 0 nitrogen and oxygen atoms in total. The highest BCUT2D eigenvalue weighted by molar-refractivity contribution is 5.82. The zero-order valence-corrected chi connectivity index (χ0v) is 20.1. The molecule has 0 N–H and O–H groups in total. The van der Waals surface area contributed by atoms with E-state index in [1.54, 1.807) is 0 Å². The van der Waals surface area contributed by atoms with E-state index >= 15 is 0 Å². The summed E-state index contributed by atoms with van der Waals surface area (Å²) in [6, 6.07) is 27.2. The van der Waals surface area contributed by atoms with E-state index in [9.17, 15) is 0 Å². The molecule has 3 aromatic rings. The van der Waals surface area contributed by atoms with Gasteiger partial charge in [-0.15, -0.1) is 0 Å². The van der Waals surface area contributed by atoms with Crippen molar-refractivity contribution in [2.45, 2.75) is 46.0 Å². The van der Waals surface area contributed by atoms with Crippen LogP contribution in [0, 0.1) is 10.8 Å². The lowest BCUT2D eigenvalue weighted by Gasteiger charge is -2.39. The van der Waals surface area contributed by atoms with Crippen molar-refractivity contribution >= 4 is 5.57 Å². The third-order valence-electron chi connectivity index (χ3n) is 8.55. The molecule has 0 heteroatoms. The number of hydrogen-bond donors (Lipinski definition) is 0. The minimum atomic E-state index is 0.0237. The average Bonchev–Trinajstić information content (AvgIpc) is 3.55. The molecular weight excluding hydrogens is 396 g/mol. The summed E-state index contributed by atoms with van der Waals surface area (Å²) in [5, 5.41) is 0. The molecule has 33 heavy (non-hydrogen) atoms. The molecule has 0 saturated heterocycles. The van der Waals surface area contributed by atoms with E-state index in [0.717, 1.165) is 6.42 Å². The predicted molar refractivity (Wildman–Crippen MR) is 140 cm³/mol. The van der Waals surface area contributed by atoms with Gasteiger partial charge in [-0.3, -0.25) is 0 Å². The summed E-state index contributed by atoms with van der Waals surface area (Å²) < 4.78 is 0.